The normalized spacial score (nSPS) is 20.7. The molecule has 0 fully saturated rings. The first-order valence-electron chi connectivity index (χ1n) is 7.34. The summed E-state index contributed by atoms with van der Waals surface area (Å²) in [6.45, 7) is 2.12. The zero-order valence-corrected chi connectivity index (χ0v) is 12.6. The van der Waals surface area contributed by atoms with E-state index in [1.54, 1.807) is 6.07 Å². The number of nitrogens with two attached hydrogens (primary N) is 1. The van der Waals surface area contributed by atoms with Crippen LogP contribution in [0.3, 0.4) is 0 Å². The van der Waals surface area contributed by atoms with Crippen molar-refractivity contribution in [1.82, 2.24) is 5.32 Å². The van der Waals surface area contributed by atoms with E-state index < -0.39 is 11.7 Å². The van der Waals surface area contributed by atoms with Crippen LogP contribution in [-0.2, 0) is 6.18 Å². The van der Waals surface area contributed by atoms with Crippen LogP contribution in [-0.4, -0.2) is 12.6 Å². The maximum absolute atomic E-state index is 13.3. The molecule has 1 aliphatic heterocycles. The molecule has 0 aromatic heterocycles. The third kappa shape index (κ3) is 2.84. The molecule has 0 amide bonds. The number of allylic oxidation sites excluding steroid dienone is 2. The van der Waals surface area contributed by atoms with E-state index in [4.69, 9.17) is 5.73 Å². The summed E-state index contributed by atoms with van der Waals surface area (Å²) >= 11 is 0. The molecular weight excluding hydrogens is 301 g/mol. The van der Waals surface area contributed by atoms with E-state index in [0.717, 1.165) is 17.2 Å². The summed E-state index contributed by atoms with van der Waals surface area (Å²) in [5.41, 5.74) is 8.46. The molecule has 3 rings (SSSR count). The number of hydrogen-bond acceptors (Lipinski definition) is 2. The van der Waals surface area contributed by atoms with Crippen LogP contribution in [0.15, 0.2) is 65.3 Å². The number of rotatable bonds is 2. The van der Waals surface area contributed by atoms with Crippen molar-refractivity contribution in [3.63, 3.8) is 0 Å². The van der Waals surface area contributed by atoms with E-state index in [-0.39, 0.29) is 18.2 Å². The Morgan fingerprint density at radius 2 is 1.96 bits per heavy atom. The van der Waals surface area contributed by atoms with Gasteiger partial charge < -0.3 is 11.1 Å². The molecule has 3 N–H and O–H groups in total. The van der Waals surface area contributed by atoms with Crippen molar-refractivity contribution in [2.75, 3.05) is 6.54 Å². The van der Waals surface area contributed by atoms with E-state index in [1.807, 2.05) is 31.2 Å². The number of benzene rings is 1. The van der Waals surface area contributed by atoms with Gasteiger partial charge in [0, 0.05) is 17.8 Å². The summed E-state index contributed by atoms with van der Waals surface area (Å²) in [5, 5.41) is 3.25. The van der Waals surface area contributed by atoms with Crippen LogP contribution in [0.4, 0.5) is 13.2 Å². The highest BCUT2D eigenvalue weighted by atomic mass is 19.4. The summed E-state index contributed by atoms with van der Waals surface area (Å²) in [6.07, 6.45) is 3.31. The van der Waals surface area contributed by atoms with Crippen LogP contribution in [0.1, 0.15) is 18.1 Å². The lowest BCUT2D eigenvalue weighted by Crippen LogP contribution is -2.36. The molecular formula is C18H17F3N2. The molecule has 1 atom stereocenters. The van der Waals surface area contributed by atoms with Gasteiger partial charge in [-0.3, -0.25) is 0 Å². The topological polar surface area (TPSA) is 38.0 Å². The van der Waals surface area contributed by atoms with E-state index >= 15 is 0 Å². The van der Waals surface area contributed by atoms with Crippen LogP contribution in [0, 0.1) is 0 Å². The Labute approximate surface area is 132 Å². The van der Waals surface area contributed by atoms with Crippen molar-refractivity contribution in [3.05, 3.63) is 76.4 Å². The highest BCUT2D eigenvalue weighted by Crippen LogP contribution is 2.37. The first kappa shape index (κ1) is 15.6. The standard InChI is InChI=1S/C18H17F3N2/c1-11-5-4-6-12-9-13(10-22)17(23-16(11)12)14-7-2-3-8-15(14)18(19,20)21/h2-9,16,23H,10,22H2,1H3. The number of halogens is 3. The van der Waals surface area contributed by atoms with Crippen molar-refractivity contribution in [2.24, 2.45) is 5.73 Å². The maximum Gasteiger partial charge on any atom is 0.417 e. The van der Waals surface area contributed by atoms with E-state index in [1.165, 1.54) is 12.1 Å². The largest absolute Gasteiger partial charge is 0.417 e. The second-order valence-corrected chi connectivity index (χ2v) is 5.64. The van der Waals surface area contributed by atoms with E-state index in [0.29, 0.717) is 11.3 Å². The average molecular weight is 318 g/mol. The summed E-state index contributed by atoms with van der Waals surface area (Å²) in [7, 11) is 0. The fourth-order valence-corrected chi connectivity index (χ4v) is 2.97. The average Bonchev–Trinajstić information content (AvgIpc) is 2.53. The molecule has 1 aromatic rings. The Hall–Kier alpha value is -2.27. The van der Waals surface area contributed by atoms with Gasteiger partial charge in [-0.2, -0.15) is 13.2 Å². The molecule has 1 heterocycles. The van der Waals surface area contributed by atoms with Gasteiger partial charge in [0.05, 0.1) is 11.6 Å². The Kier molecular flexibility index (Phi) is 3.90. The minimum atomic E-state index is -4.41. The predicted molar refractivity (Wildman–Crippen MR) is 85.3 cm³/mol. The molecule has 5 heteroatoms. The maximum atomic E-state index is 13.3. The number of nitrogens with one attached hydrogen (secondary N) is 1. The molecule has 120 valence electrons. The van der Waals surface area contributed by atoms with E-state index in [9.17, 15) is 13.2 Å². The van der Waals surface area contributed by atoms with Crippen molar-refractivity contribution in [3.8, 4) is 0 Å². The molecule has 23 heavy (non-hydrogen) atoms. The molecule has 0 bridgehead atoms. The van der Waals surface area contributed by atoms with Crippen molar-refractivity contribution in [1.29, 1.82) is 0 Å². The quantitative estimate of drug-likeness (QED) is 0.871. The van der Waals surface area contributed by atoms with Crippen LogP contribution in [0.2, 0.25) is 0 Å². The third-order valence-electron chi connectivity index (χ3n) is 4.11. The molecule has 0 radical (unpaired) electrons. The zero-order valence-electron chi connectivity index (χ0n) is 12.6. The summed E-state index contributed by atoms with van der Waals surface area (Å²) in [5.74, 6) is 0. The monoisotopic (exact) mass is 318 g/mol. The second-order valence-electron chi connectivity index (χ2n) is 5.64. The molecule has 1 aliphatic carbocycles. The molecule has 0 spiro atoms. The van der Waals surface area contributed by atoms with Gasteiger partial charge in [0.15, 0.2) is 0 Å². The van der Waals surface area contributed by atoms with Gasteiger partial charge in [-0.1, -0.05) is 42.5 Å². The van der Waals surface area contributed by atoms with Gasteiger partial charge in [0.2, 0.25) is 0 Å². The van der Waals surface area contributed by atoms with Crippen molar-refractivity contribution >= 4 is 5.70 Å². The summed E-state index contributed by atoms with van der Waals surface area (Å²) < 4.78 is 40.0. The summed E-state index contributed by atoms with van der Waals surface area (Å²) in [4.78, 5) is 0. The fourth-order valence-electron chi connectivity index (χ4n) is 2.97. The van der Waals surface area contributed by atoms with Gasteiger partial charge in [-0.25, -0.2) is 0 Å². The SMILES string of the molecule is CC1=CC=CC2=CC(CN)=C(c3ccccc3C(F)(F)F)NC12. The molecule has 1 aromatic carbocycles. The highest BCUT2D eigenvalue weighted by molar-refractivity contribution is 5.76. The molecule has 0 saturated heterocycles. The number of fused-ring (bicyclic) bond motifs is 1. The molecule has 1 unspecified atom stereocenters. The molecule has 2 aliphatic rings. The van der Waals surface area contributed by atoms with Crippen LogP contribution < -0.4 is 11.1 Å². The van der Waals surface area contributed by atoms with Gasteiger partial charge in [0.1, 0.15) is 0 Å². The van der Waals surface area contributed by atoms with Crippen LogP contribution in [0.5, 0.6) is 0 Å². The predicted octanol–water partition coefficient (Wildman–Crippen LogP) is 3.79. The van der Waals surface area contributed by atoms with Crippen molar-refractivity contribution in [2.45, 2.75) is 19.1 Å². The third-order valence-corrected chi connectivity index (χ3v) is 4.11. The first-order valence-corrected chi connectivity index (χ1v) is 7.34. The Morgan fingerprint density at radius 1 is 1.22 bits per heavy atom. The lowest BCUT2D eigenvalue weighted by molar-refractivity contribution is -0.137. The fraction of sp³-hybridized carbons (Fsp3) is 0.222. The number of alkyl halides is 3. The van der Waals surface area contributed by atoms with E-state index in [2.05, 4.69) is 5.32 Å². The lowest BCUT2D eigenvalue weighted by Gasteiger charge is -2.32. The smallest absolute Gasteiger partial charge is 0.374 e. The first-order chi connectivity index (χ1) is 10.9. The Morgan fingerprint density at radius 3 is 2.65 bits per heavy atom. The zero-order chi connectivity index (χ0) is 16.6. The number of hydrogen-bond donors (Lipinski definition) is 2. The lowest BCUT2D eigenvalue weighted by atomic mass is 9.87. The summed E-state index contributed by atoms with van der Waals surface area (Å²) in [6, 6.07) is 5.47. The van der Waals surface area contributed by atoms with Crippen LogP contribution >= 0.6 is 0 Å². The molecule has 0 saturated carbocycles. The van der Waals surface area contributed by atoms with Gasteiger partial charge in [-0.15, -0.1) is 0 Å². The Balaban J connectivity index is 2.15. The second kappa shape index (κ2) is 5.74. The minimum absolute atomic E-state index is 0.119. The van der Waals surface area contributed by atoms with Gasteiger partial charge in [-0.05, 0) is 29.7 Å². The van der Waals surface area contributed by atoms with Crippen molar-refractivity contribution < 1.29 is 13.2 Å². The minimum Gasteiger partial charge on any atom is -0.374 e. The molecule has 2 nitrogen and oxygen atoms in total. The van der Waals surface area contributed by atoms with Gasteiger partial charge >= 0.3 is 6.18 Å². The van der Waals surface area contributed by atoms with Gasteiger partial charge in [0.25, 0.3) is 0 Å². The number of dihydropyridines is 1. The highest BCUT2D eigenvalue weighted by Gasteiger charge is 2.35. The van der Waals surface area contributed by atoms with Crippen LogP contribution in [0.25, 0.3) is 5.70 Å². The Bertz CT molecular complexity index is 752.